The van der Waals surface area contributed by atoms with Gasteiger partial charge in [-0.05, 0) is 55.7 Å². The third kappa shape index (κ3) is 4.98. The van der Waals surface area contributed by atoms with E-state index >= 15 is 0 Å². The van der Waals surface area contributed by atoms with Crippen LogP contribution < -0.4 is 20.1 Å². The third-order valence-corrected chi connectivity index (χ3v) is 5.66. The molecule has 30 heavy (non-hydrogen) atoms. The van der Waals surface area contributed by atoms with Crippen molar-refractivity contribution in [1.82, 2.24) is 10.3 Å². The zero-order valence-electron chi connectivity index (χ0n) is 17.5. The minimum atomic E-state index is -0.541. The molecule has 2 heterocycles. The van der Waals surface area contributed by atoms with Gasteiger partial charge in [0.05, 0.1) is 7.11 Å². The molecule has 1 atom stereocenters. The molecule has 3 rings (SSSR count). The molecular formula is C23H27N3O3S. The molecule has 1 amide bonds. The Labute approximate surface area is 181 Å². The number of nitrogens with one attached hydrogen (secondary N) is 2. The number of hydrogen-bond acceptors (Lipinski definition) is 6. The molecule has 2 N–H and O–H groups in total. The van der Waals surface area contributed by atoms with E-state index in [0.29, 0.717) is 22.4 Å². The standard InChI is InChI=1S/C23H27N3O3S/c1-5-7-8-17(6-2)29-20-14-18-16(13-19(20)28-4)9-10-25-23(18,3)15-21(27)26-22-24-11-12-30-22/h5-8,11-14,25H,2,9-10,15H2,1,3-4H3,(H,24,26,27)/b7-5-,17-8+. The molecule has 0 radical (unpaired) electrons. The Balaban J connectivity index is 1.92. The summed E-state index contributed by atoms with van der Waals surface area (Å²) in [7, 11) is 1.62. The van der Waals surface area contributed by atoms with Crippen LogP contribution in [0, 0.1) is 0 Å². The molecule has 158 valence electrons. The largest absolute Gasteiger partial charge is 0.493 e. The summed E-state index contributed by atoms with van der Waals surface area (Å²) in [6, 6.07) is 3.96. The van der Waals surface area contributed by atoms with E-state index in [9.17, 15) is 4.79 Å². The van der Waals surface area contributed by atoms with Crippen molar-refractivity contribution in [2.75, 3.05) is 19.0 Å². The van der Waals surface area contributed by atoms with E-state index in [-0.39, 0.29) is 12.3 Å². The van der Waals surface area contributed by atoms with Crippen molar-refractivity contribution in [2.24, 2.45) is 0 Å². The fraction of sp³-hybridized carbons (Fsp3) is 0.304. The summed E-state index contributed by atoms with van der Waals surface area (Å²) >= 11 is 1.40. The van der Waals surface area contributed by atoms with E-state index in [1.54, 1.807) is 19.4 Å². The number of carbonyl (C=O) groups is 1. The Morgan fingerprint density at radius 1 is 1.43 bits per heavy atom. The second-order valence-corrected chi connectivity index (χ2v) is 8.03. The Bertz CT molecular complexity index is 966. The lowest BCUT2D eigenvalue weighted by atomic mass is 9.81. The minimum absolute atomic E-state index is 0.0918. The number of aromatic nitrogens is 1. The lowest BCUT2D eigenvalue weighted by molar-refractivity contribution is -0.117. The van der Waals surface area contributed by atoms with Gasteiger partial charge in [-0.15, -0.1) is 11.3 Å². The summed E-state index contributed by atoms with van der Waals surface area (Å²) < 4.78 is 11.6. The highest BCUT2D eigenvalue weighted by Crippen LogP contribution is 2.40. The number of fused-ring (bicyclic) bond motifs is 1. The zero-order chi connectivity index (χ0) is 21.6. The average molecular weight is 426 g/mol. The molecule has 2 aromatic rings. The highest BCUT2D eigenvalue weighted by Gasteiger charge is 2.35. The fourth-order valence-electron chi connectivity index (χ4n) is 3.52. The molecule has 6 nitrogen and oxygen atoms in total. The molecule has 0 bridgehead atoms. The molecule has 0 saturated carbocycles. The molecule has 1 unspecified atom stereocenters. The van der Waals surface area contributed by atoms with Crippen molar-refractivity contribution in [3.63, 3.8) is 0 Å². The van der Waals surface area contributed by atoms with Gasteiger partial charge in [-0.3, -0.25) is 4.79 Å². The van der Waals surface area contributed by atoms with Crippen molar-refractivity contribution in [1.29, 1.82) is 0 Å². The number of methoxy groups -OCH3 is 1. The van der Waals surface area contributed by atoms with Gasteiger partial charge in [-0.2, -0.15) is 0 Å². The number of rotatable bonds is 8. The maximum absolute atomic E-state index is 12.7. The Morgan fingerprint density at radius 2 is 2.27 bits per heavy atom. The molecule has 0 aliphatic carbocycles. The highest BCUT2D eigenvalue weighted by molar-refractivity contribution is 7.13. The average Bonchev–Trinajstić information content (AvgIpc) is 3.23. The van der Waals surface area contributed by atoms with Crippen LogP contribution in [0.1, 0.15) is 31.4 Å². The predicted octanol–water partition coefficient (Wildman–Crippen LogP) is 4.57. The normalized spacial score (nSPS) is 18.7. The van der Waals surface area contributed by atoms with Crippen LogP contribution in [0.5, 0.6) is 11.5 Å². The van der Waals surface area contributed by atoms with Gasteiger partial charge in [0.15, 0.2) is 16.6 Å². The number of carbonyl (C=O) groups excluding carboxylic acids is 1. The second-order valence-electron chi connectivity index (χ2n) is 7.13. The van der Waals surface area contributed by atoms with Gasteiger partial charge in [-0.25, -0.2) is 4.98 Å². The number of ether oxygens (including phenoxy) is 2. The van der Waals surface area contributed by atoms with E-state index in [2.05, 4.69) is 22.2 Å². The van der Waals surface area contributed by atoms with Crippen LogP contribution in [0.25, 0.3) is 0 Å². The summed E-state index contributed by atoms with van der Waals surface area (Å²) in [5.74, 6) is 1.75. The number of hydrogen-bond donors (Lipinski definition) is 2. The maximum atomic E-state index is 12.7. The molecule has 7 heteroatoms. The molecular weight excluding hydrogens is 398 g/mol. The van der Waals surface area contributed by atoms with E-state index < -0.39 is 5.54 Å². The summed E-state index contributed by atoms with van der Waals surface area (Å²) in [4.78, 5) is 16.8. The number of anilines is 1. The van der Waals surface area contributed by atoms with E-state index in [0.717, 1.165) is 24.1 Å². The van der Waals surface area contributed by atoms with Gasteiger partial charge in [0.2, 0.25) is 5.91 Å². The van der Waals surface area contributed by atoms with Crippen LogP contribution in [0.15, 0.2) is 60.4 Å². The van der Waals surface area contributed by atoms with Crippen molar-refractivity contribution >= 4 is 22.4 Å². The Kier molecular flexibility index (Phi) is 7.07. The van der Waals surface area contributed by atoms with Gasteiger partial charge in [-0.1, -0.05) is 18.7 Å². The quantitative estimate of drug-likeness (QED) is 0.479. The van der Waals surface area contributed by atoms with Gasteiger partial charge in [0, 0.05) is 30.1 Å². The van der Waals surface area contributed by atoms with E-state index in [4.69, 9.17) is 9.47 Å². The smallest absolute Gasteiger partial charge is 0.228 e. The van der Waals surface area contributed by atoms with Crippen LogP contribution >= 0.6 is 11.3 Å². The van der Waals surface area contributed by atoms with Gasteiger partial charge in [0.25, 0.3) is 0 Å². The van der Waals surface area contributed by atoms with Crippen LogP contribution in [-0.4, -0.2) is 24.5 Å². The first kappa shape index (κ1) is 21.8. The van der Waals surface area contributed by atoms with Crippen molar-refractivity contribution < 1.29 is 14.3 Å². The Morgan fingerprint density at radius 3 is 2.93 bits per heavy atom. The topological polar surface area (TPSA) is 72.5 Å². The van der Waals surface area contributed by atoms with Crippen molar-refractivity contribution in [3.8, 4) is 11.5 Å². The molecule has 1 aromatic carbocycles. The number of benzene rings is 1. The predicted molar refractivity (Wildman–Crippen MR) is 121 cm³/mol. The van der Waals surface area contributed by atoms with Crippen LogP contribution in [0.4, 0.5) is 5.13 Å². The molecule has 0 fully saturated rings. The van der Waals surface area contributed by atoms with Gasteiger partial charge in [0.1, 0.15) is 5.76 Å². The zero-order valence-corrected chi connectivity index (χ0v) is 18.3. The summed E-state index contributed by atoms with van der Waals surface area (Å²) in [6.45, 7) is 8.56. The van der Waals surface area contributed by atoms with E-state index in [1.165, 1.54) is 11.3 Å². The molecule has 1 aromatic heterocycles. The number of amides is 1. The fourth-order valence-corrected chi connectivity index (χ4v) is 4.06. The molecule has 0 spiro atoms. The summed E-state index contributed by atoms with van der Waals surface area (Å²) in [6.07, 6.45) is 10.1. The van der Waals surface area contributed by atoms with Crippen LogP contribution in [0.2, 0.25) is 0 Å². The number of nitrogens with zero attached hydrogens (tertiary/aromatic N) is 1. The number of allylic oxidation sites excluding steroid dienone is 4. The van der Waals surface area contributed by atoms with Crippen LogP contribution in [0.3, 0.4) is 0 Å². The first-order chi connectivity index (χ1) is 14.5. The molecule has 1 aliphatic heterocycles. The van der Waals surface area contributed by atoms with Crippen LogP contribution in [-0.2, 0) is 16.8 Å². The highest BCUT2D eigenvalue weighted by atomic mass is 32.1. The summed E-state index contributed by atoms with van der Waals surface area (Å²) in [5.41, 5.74) is 1.62. The lowest BCUT2D eigenvalue weighted by Crippen LogP contribution is -2.47. The summed E-state index contributed by atoms with van der Waals surface area (Å²) in [5, 5.41) is 8.81. The Hall–Kier alpha value is -2.90. The maximum Gasteiger partial charge on any atom is 0.228 e. The van der Waals surface area contributed by atoms with Gasteiger partial charge >= 0.3 is 0 Å². The van der Waals surface area contributed by atoms with Gasteiger partial charge < -0.3 is 20.1 Å². The third-order valence-electron chi connectivity index (χ3n) is 4.97. The second kappa shape index (κ2) is 9.73. The first-order valence-electron chi connectivity index (χ1n) is 9.78. The number of thiazole rings is 1. The lowest BCUT2D eigenvalue weighted by Gasteiger charge is -2.37. The van der Waals surface area contributed by atoms with E-state index in [1.807, 2.05) is 49.6 Å². The first-order valence-corrected chi connectivity index (χ1v) is 10.7. The molecule has 0 saturated heterocycles. The monoisotopic (exact) mass is 425 g/mol. The molecule has 1 aliphatic rings. The van der Waals surface area contributed by atoms with Crippen molar-refractivity contribution in [3.05, 3.63) is 71.5 Å². The van der Waals surface area contributed by atoms with Crippen molar-refractivity contribution in [2.45, 2.75) is 32.2 Å². The SMILES string of the molecule is C=C/C(=C\C=C/C)Oc1cc2c(cc1OC)CCNC2(C)CC(=O)Nc1nccs1. The minimum Gasteiger partial charge on any atom is -0.493 e.